The largest absolute Gasteiger partial charge is 0.398 e. The first-order chi connectivity index (χ1) is 9.81. The smallest absolute Gasteiger partial charge is 0.270 e. The van der Waals surface area contributed by atoms with E-state index in [1.165, 1.54) is 17.4 Å². The minimum Gasteiger partial charge on any atom is -0.398 e. The number of rotatable bonds is 5. The maximum Gasteiger partial charge on any atom is 0.270 e. The van der Waals surface area contributed by atoms with E-state index in [-0.39, 0.29) is 22.8 Å². The van der Waals surface area contributed by atoms with Crippen LogP contribution in [-0.2, 0) is 16.6 Å². The van der Waals surface area contributed by atoms with Crippen molar-refractivity contribution in [2.45, 2.75) is 11.4 Å². The molecule has 0 saturated heterocycles. The molecule has 1 heterocycles. The van der Waals surface area contributed by atoms with Crippen LogP contribution in [0.4, 0.5) is 11.4 Å². The third-order valence-electron chi connectivity index (χ3n) is 2.61. The first-order valence-corrected chi connectivity index (χ1v) is 8.72. The normalized spacial score (nSPS) is 11.5. The molecule has 0 amide bonds. The average Bonchev–Trinajstić information content (AvgIpc) is 2.82. The van der Waals surface area contributed by atoms with Crippen molar-refractivity contribution in [2.75, 3.05) is 5.73 Å². The second kappa shape index (κ2) is 6.10. The molecule has 0 bridgehead atoms. The summed E-state index contributed by atoms with van der Waals surface area (Å²) in [7, 11) is -3.93. The summed E-state index contributed by atoms with van der Waals surface area (Å²) in [6, 6.07) is 5.11. The summed E-state index contributed by atoms with van der Waals surface area (Å²) in [5.74, 6) is 0. The molecular weight excluding hydrogens is 382 g/mol. The Morgan fingerprint density at radius 2 is 2.10 bits per heavy atom. The predicted molar refractivity (Wildman–Crippen MR) is 83.6 cm³/mol. The number of halogens is 1. The van der Waals surface area contributed by atoms with Crippen LogP contribution in [0.3, 0.4) is 0 Å². The molecular formula is C11H10BrN3O4S2. The van der Waals surface area contributed by atoms with E-state index in [1.54, 1.807) is 6.07 Å². The van der Waals surface area contributed by atoms with Gasteiger partial charge in [0.2, 0.25) is 10.0 Å². The number of nitro benzene ring substituents is 1. The van der Waals surface area contributed by atoms with Crippen LogP contribution in [0.15, 0.2) is 39.0 Å². The van der Waals surface area contributed by atoms with E-state index in [1.807, 2.05) is 5.38 Å². The standard InChI is InChI=1S/C11H10BrN3O4S2/c12-8-3-4-20-10(8)6-14-21(18,19)11-5-7(15(16)17)1-2-9(11)13/h1-5,14H,6,13H2. The molecule has 2 aromatic rings. The quantitative estimate of drug-likeness (QED) is 0.461. The highest BCUT2D eigenvalue weighted by molar-refractivity contribution is 9.10. The van der Waals surface area contributed by atoms with E-state index in [0.717, 1.165) is 21.5 Å². The molecule has 0 aliphatic rings. The van der Waals surface area contributed by atoms with Gasteiger partial charge in [0.25, 0.3) is 5.69 Å². The van der Waals surface area contributed by atoms with Crippen molar-refractivity contribution in [1.29, 1.82) is 0 Å². The van der Waals surface area contributed by atoms with Gasteiger partial charge in [-0.2, -0.15) is 0 Å². The lowest BCUT2D eigenvalue weighted by molar-refractivity contribution is -0.385. The lowest BCUT2D eigenvalue weighted by Crippen LogP contribution is -2.24. The Labute approximate surface area is 133 Å². The molecule has 3 N–H and O–H groups in total. The van der Waals surface area contributed by atoms with Gasteiger partial charge in [0.1, 0.15) is 4.90 Å². The van der Waals surface area contributed by atoms with Crippen LogP contribution in [0.1, 0.15) is 4.88 Å². The van der Waals surface area contributed by atoms with E-state index in [9.17, 15) is 18.5 Å². The van der Waals surface area contributed by atoms with Crippen molar-refractivity contribution in [2.24, 2.45) is 0 Å². The van der Waals surface area contributed by atoms with Gasteiger partial charge < -0.3 is 5.73 Å². The third kappa shape index (κ3) is 3.59. The summed E-state index contributed by atoms with van der Waals surface area (Å²) >= 11 is 4.68. The molecule has 1 aromatic carbocycles. The molecule has 112 valence electrons. The molecule has 0 atom stereocenters. The van der Waals surface area contributed by atoms with Gasteiger partial charge in [-0.3, -0.25) is 10.1 Å². The van der Waals surface area contributed by atoms with Gasteiger partial charge >= 0.3 is 0 Å². The zero-order valence-corrected chi connectivity index (χ0v) is 13.7. The van der Waals surface area contributed by atoms with Gasteiger partial charge in [0.15, 0.2) is 0 Å². The van der Waals surface area contributed by atoms with Crippen LogP contribution in [0.25, 0.3) is 0 Å². The van der Waals surface area contributed by atoms with Crippen LogP contribution in [0.2, 0.25) is 0 Å². The number of non-ortho nitro benzene ring substituents is 1. The zero-order chi connectivity index (χ0) is 15.6. The van der Waals surface area contributed by atoms with Crippen LogP contribution in [0.5, 0.6) is 0 Å². The molecule has 21 heavy (non-hydrogen) atoms. The number of nitrogen functional groups attached to an aromatic ring is 1. The Morgan fingerprint density at radius 3 is 2.67 bits per heavy atom. The topological polar surface area (TPSA) is 115 Å². The van der Waals surface area contributed by atoms with E-state index < -0.39 is 14.9 Å². The van der Waals surface area contributed by atoms with Gasteiger partial charge in [-0.1, -0.05) is 0 Å². The molecule has 0 unspecified atom stereocenters. The Kier molecular flexibility index (Phi) is 4.61. The highest BCUT2D eigenvalue weighted by atomic mass is 79.9. The number of sulfonamides is 1. The first-order valence-electron chi connectivity index (χ1n) is 5.56. The minimum absolute atomic E-state index is 0.0432. The van der Waals surface area contributed by atoms with Crippen molar-refractivity contribution in [1.82, 2.24) is 4.72 Å². The number of hydrogen-bond acceptors (Lipinski definition) is 6. The first kappa shape index (κ1) is 15.9. The summed E-state index contributed by atoms with van der Waals surface area (Å²) in [6.07, 6.45) is 0. The molecule has 0 aliphatic heterocycles. The summed E-state index contributed by atoms with van der Waals surface area (Å²) < 4.78 is 27.6. The fourth-order valence-electron chi connectivity index (χ4n) is 1.56. The number of nitro groups is 1. The summed E-state index contributed by atoms with van der Waals surface area (Å²) in [6.45, 7) is 0.0721. The van der Waals surface area contributed by atoms with Gasteiger partial charge in [-0.15, -0.1) is 11.3 Å². The minimum atomic E-state index is -3.93. The van der Waals surface area contributed by atoms with Crippen molar-refractivity contribution in [3.05, 3.63) is 49.1 Å². The van der Waals surface area contributed by atoms with Crippen LogP contribution in [0, 0.1) is 10.1 Å². The van der Waals surface area contributed by atoms with Gasteiger partial charge in [-0.05, 0) is 33.4 Å². The Bertz CT molecular complexity index is 789. The highest BCUT2D eigenvalue weighted by Gasteiger charge is 2.21. The maximum absolute atomic E-state index is 12.2. The van der Waals surface area contributed by atoms with Crippen molar-refractivity contribution in [3.8, 4) is 0 Å². The fraction of sp³-hybridized carbons (Fsp3) is 0.0909. The Balaban J connectivity index is 2.29. The second-order valence-corrected chi connectivity index (χ2v) is 7.59. The van der Waals surface area contributed by atoms with E-state index in [2.05, 4.69) is 20.7 Å². The molecule has 0 fully saturated rings. The molecule has 0 radical (unpaired) electrons. The number of nitrogens with two attached hydrogens (primary N) is 1. The number of anilines is 1. The van der Waals surface area contributed by atoms with Gasteiger partial charge in [0.05, 0.1) is 10.6 Å². The number of nitrogens with zero attached hydrogens (tertiary/aromatic N) is 1. The third-order valence-corrected chi connectivity index (χ3v) is 5.99. The molecule has 10 heteroatoms. The highest BCUT2D eigenvalue weighted by Crippen LogP contribution is 2.26. The number of thiophene rings is 1. The lowest BCUT2D eigenvalue weighted by Gasteiger charge is -2.08. The maximum atomic E-state index is 12.2. The monoisotopic (exact) mass is 391 g/mol. The number of nitrogens with one attached hydrogen (secondary N) is 1. The SMILES string of the molecule is Nc1ccc([N+](=O)[O-])cc1S(=O)(=O)NCc1sccc1Br. The van der Waals surface area contributed by atoms with Crippen LogP contribution < -0.4 is 10.5 Å². The zero-order valence-electron chi connectivity index (χ0n) is 10.4. The predicted octanol–water partition coefficient (Wildman–Crippen LogP) is 2.48. The second-order valence-electron chi connectivity index (χ2n) is 4.00. The summed E-state index contributed by atoms with van der Waals surface area (Å²) in [5.41, 5.74) is 5.23. The number of hydrogen-bond donors (Lipinski definition) is 2. The molecule has 1 aromatic heterocycles. The molecule has 0 aliphatic carbocycles. The van der Waals surface area contributed by atoms with Crippen molar-refractivity contribution < 1.29 is 13.3 Å². The Morgan fingerprint density at radius 1 is 1.38 bits per heavy atom. The molecule has 0 saturated carbocycles. The van der Waals surface area contributed by atoms with E-state index in [4.69, 9.17) is 5.73 Å². The van der Waals surface area contributed by atoms with Gasteiger partial charge in [0, 0.05) is 28.0 Å². The lowest BCUT2D eigenvalue weighted by atomic mass is 10.3. The van der Waals surface area contributed by atoms with Crippen LogP contribution >= 0.6 is 27.3 Å². The van der Waals surface area contributed by atoms with Crippen molar-refractivity contribution in [3.63, 3.8) is 0 Å². The molecule has 2 rings (SSSR count). The fourth-order valence-corrected chi connectivity index (χ4v) is 4.23. The van der Waals surface area contributed by atoms with Gasteiger partial charge in [-0.25, -0.2) is 13.1 Å². The molecule has 7 nitrogen and oxygen atoms in total. The average molecular weight is 392 g/mol. The van der Waals surface area contributed by atoms with E-state index in [0.29, 0.717) is 0 Å². The summed E-state index contributed by atoms with van der Waals surface area (Å²) in [4.78, 5) is 10.5. The summed E-state index contributed by atoms with van der Waals surface area (Å²) in [5, 5.41) is 12.5. The number of benzene rings is 1. The van der Waals surface area contributed by atoms with Crippen molar-refractivity contribution >= 4 is 48.7 Å². The Hall–Kier alpha value is -1.49. The van der Waals surface area contributed by atoms with Crippen LogP contribution in [-0.4, -0.2) is 13.3 Å². The molecule has 0 spiro atoms. The van der Waals surface area contributed by atoms with E-state index >= 15 is 0 Å².